The molecule has 0 spiro atoms. The molecule has 0 fully saturated rings. The molecule has 2 aromatic carbocycles. The van der Waals surface area contributed by atoms with E-state index in [0.717, 1.165) is 19.1 Å². The van der Waals surface area contributed by atoms with E-state index in [1.807, 2.05) is 11.6 Å². The van der Waals surface area contributed by atoms with Gasteiger partial charge in [0.25, 0.3) is 10.0 Å². The first kappa shape index (κ1) is 24.1. The molecule has 33 heavy (non-hydrogen) atoms. The molecule has 3 aromatic rings. The monoisotopic (exact) mass is 477 g/mol. The van der Waals surface area contributed by atoms with Crippen molar-refractivity contribution in [2.75, 3.05) is 0 Å². The second-order valence-corrected chi connectivity index (χ2v) is 8.96. The van der Waals surface area contributed by atoms with Crippen molar-refractivity contribution in [2.24, 2.45) is 0 Å². The number of amides is 1. The van der Waals surface area contributed by atoms with Gasteiger partial charge in [-0.1, -0.05) is 31.5 Å². The van der Waals surface area contributed by atoms with E-state index < -0.39 is 33.5 Å². The molecule has 1 amide bonds. The SMILES string of the molecule is CCCc1cc(C(=O)O)nn1Cc1c(F)cc(-c2ccccc2S(=O)(=O)NC(C)=O)cc1F. The summed E-state index contributed by atoms with van der Waals surface area (Å²) in [6.07, 6.45) is 1.14. The average molecular weight is 477 g/mol. The number of nitrogens with one attached hydrogen (secondary N) is 1. The number of carboxylic acid groups (broad SMARTS) is 1. The molecule has 1 aromatic heterocycles. The predicted molar refractivity (Wildman–Crippen MR) is 115 cm³/mol. The number of aryl methyl sites for hydroxylation is 1. The van der Waals surface area contributed by atoms with Gasteiger partial charge in [-0.2, -0.15) is 5.10 Å². The molecule has 2 N–H and O–H groups in total. The number of hydrogen-bond acceptors (Lipinski definition) is 5. The van der Waals surface area contributed by atoms with E-state index in [2.05, 4.69) is 5.10 Å². The Kier molecular flexibility index (Phi) is 6.92. The van der Waals surface area contributed by atoms with Crippen LogP contribution in [-0.2, 0) is 27.8 Å². The molecule has 0 aliphatic carbocycles. The minimum Gasteiger partial charge on any atom is -0.476 e. The molecule has 0 bridgehead atoms. The van der Waals surface area contributed by atoms with E-state index in [4.69, 9.17) is 0 Å². The quantitative estimate of drug-likeness (QED) is 0.514. The summed E-state index contributed by atoms with van der Waals surface area (Å²) in [5, 5.41) is 13.1. The first-order valence-electron chi connectivity index (χ1n) is 9.94. The lowest BCUT2D eigenvalue weighted by Gasteiger charge is -2.14. The number of hydrogen-bond donors (Lipinski definition) is 2. The third-order valence-electron chi connectivity index (χ3n) is 4.80. The van der Waals surface area contributed by atoms with Gasteiger partial charge in [-0.05, 0) is 36.2 Å². The molecule has 0 aliphatic heterocycles. The van der Waals surface area contributed by atoms with Gasteiger partial charge in [0.15, 0.2) is 5.69 Å². The van der Waals surface area contributed by atoms with E-state index in [-0.39, 0.29) is 33.8 Å². The second kappa shape index (κ2) is 9.49. The maximum atomic E-state index is 15.0. The van der Waals surface area contributed by atoms with Crippen LogP contribution in [0.3, 0.4) is 0 Å². The highest BCUT2D eigenvalue weighted by atomic mass is 32.2. The summed E-state index contributed by atoms with van der Waals surface area (Å²) in [7, 11) is -4.25. The Labute approximate surface area is 188 Å². The standard InChI is InChI=1S/C22H21F2N3O5S/c1-3-6-15-11-20(22(29)30)25-27(15)12-17-18(23)9-14(10-19(17)24)16-7-4-5-8-21(16)33(31,32)26-13(2)28/h4-5,7-11H,3,6,12H2,1-2H3,(H,26,28)(H,29,30). The van der Waals surface area contributed by atoms with Crippen molar-refractivity contribution < 1.29 is 31.9 Å². The van der Waals surface area contributed by atoms with Crippen LogP contribution < -0.4 is 4.72 Å². The Hall–Kier alpha value is -3.60. The summed E-state index contributed by atoms with van der Waals surface area (Å²) in [5.74, 6) is -3.96. The van der Waals surface area contributed by atoms with Crippen LogP contribution in [0.2, 0.25) is 0 Å². The normalized spacial score (nSPS) is 11.4. The van der Waals surface area contributed by atoms with Crippen LogP contribution in [0.4, 0.5) is 8.78 Å². The van der Waals surface area contributed by atoms with E-state index in [9.17, 15) is 31.9 Å². The maximum absolute atomic E-state index is 15.0. The summed E-state index contributed by atoms with van der Waals surface area (Å²) >= 11 is 0. The lowest BCUT2D eigenvalue weighted by Crippen LogP contribution is -2.28. The van der Waals surface area contributed by atoms with Crippen molar-refractivity contribution in [2.45, 2.75) is 38.1 Å². The summed E-state index contributed by atoms with van der Waals surface area (Å²) < 4.78 is 58.0. The van der Waals surface area contributed by atoms with Gasteiger partial charge in [-0.15, -0.1) is 0 Å². The van der Waals surface area contributed by atoms with Crippen LogP contribution in [0.5, 0.6) is 0 Å². The number of sulfonamides is 1. The largest absolute Gasteiger partial charge is 0.476 e. The van der Waals surface area contributed by atoms with Gasteiger partial charge in [0, 0.05) is 23.7 Å². The fraction of sp³-hybridized carbons (Fsp3) is 0.227. The molecule has 8 nitrogen and oxygen atoms in total. The van der Waals surface area contributed by atoms with Crippen LogP contribution in [0.25, 0.3) is 11.1 Å². The lowest BCUT2D eigenvalue weighted by atomic mass is 10.0. The number of aromatic carboxylic acids is 1. The minimum atomic E-state index is -4.25. The number of rotatable bonds is 8. The van der Waals surface area contributed by atoms with E-state index in [0.29, 0.717) is 18.5 Å². The Balaban J connectivity index is 2.05. The van der Waals surface area contributed by atoms with E-state index in [1.165, 1.54) is 35.0 Å². The Morgan fingerprint density at radius 3 is 2.33 bits per heavy atom. The molecule has 0 aliphatic rings. The molecular formula is C22H21F2N3O5S. The number of carboxylic acids is 1. The highest BCUT2D eigenvalue weighted by Crippen LogP contribution is 2.30. The van der Waals surface area contributed by atoms with Crippen molar-refractivity contribution in [3.8, 4) is 11.1 Å². The van der Waals surface area contributed by atoms with Gasteiger partial charge in [0.05, 0.1) is 11.4 Å². The fourth-order valence-corrected chi connectivity index (χ4v) is 4.62. The molecule has 11 heteroatoms. The minimum absolute atomic E-state index is 0.00882. The smallest absolute Gasteiger partial charge is 0.356 e. The Morgan fingerprint density at radius 1 is 1.12 bits per heavy atom. The molecule has 0 saturated heterocycles. The van der Waals surface area contributed by atoms with Gasteiger partial charge in [0.1, 0.15) is 11.6 Å². The Morgan fingerprint density at radius 2 is 1.76 bits per heavy atom. The van der Waals surface area contributed by atoms with Gasteiger partial charge < -0.3 is 5.11 Å². The predicted octanol–water partition coefficient (Wildman–Crippen LogP) is 3.35. The molecule has 0 unspecified atom stereocenters. The van der Waals surface area contributed by atoms with E-state index >= 15 is 0 Å². The van der Waals surface area contributed by atoms with Crippen molar-refractivity contribution >= 4 is 21.9 Å². The number of benzene rings is 2. The first-order valence-corrected chi connectivity index (χ1v) is 11.4. The van der Waals surface area contributed by atoms with Crippen molar-refractivity contribution in [1.82, 2.24) is 14.5 Å². The number of carbonyl (C=O) groups excluding carboxylic acids is 1. The average Bonchev–Trinajstić information content (AvgIpc) is 3.13. The van der Waals surface area contributed by atoms with Gasteiger partial charge in [-0.25, -0.2) is 26.7 Å². The van der Waals surface area contributed by atoms with Crippen LogP contribution in [-0.4, -0.2) is 35.2 Å². The number of aromatic nitrogens is 2. The van der Waals surface area contributed by atoms with Crippen molar-refractivity contribution in [3.63, 3.8) is 0 Å². The van der Waals surface area contributed by atoms with Crippen LogP contribution in [0, 0.1) is 11.6 Å². The van der Waals surface area contributed by atoms with Crippen molar-refractivity contribution in [3.05, 3.63) is 71.1 Å². The molecule has 1 heterocycles. The fourth-order valence-electron chi connectivity index (χ4n) is 3.40. The van der Waals surface area contributed by atoms with Gasteiger partial charge in [-0.3, -0.25) is 9.48 Å². The highest BCUT2D eigenvalue weighted by Gasteiger charge is 2.23. The zero-order valence-corrected chi connectivity index (χ0v) is 18.6. The lowest BCUT2D eigenvalue weighted by molar-refractivity contribution is -0.117. The molecule has 0 radical (unpaired) electrons. The molecular weight excluding hydrogens is 456 g/mol. The van der Waals surface area contributed by atoms with Crippen LogP contribution in [0.1, 0.15) is 42.0 Å². The topological polar surface area (TPSA) is 118 Å². The Bertz CT molecular complexity index is 1310. The summed E-state index contributed by atoms with van der Waals surface area (Å²) in [6.45, 7) is 2.57. The first-order chi connectivity index (χ1) is 15.5. The number of halogens is 2. The second-order valence-electron chi connectivity index (χ2n) is 7.31. The molecule has 3 rings (SSSR count). The number of nitrogens with zero attached hydrogens (tertiary/aromatic N) is 2. The third kappa shape index (κ3) is 5.25. The summed E-state index contributed by atoms with van der Waals surface area (Å²) in [4.78, 5) is 22.2. The van der Waals surface area contributed by atoms with Crippen LogP contribution in [0.15, 0.2) is 47.4 Å². The maximum Gasteiger partial charge on any atom is 0.356 e. The van der Waals surface area contributed by atoms with Gasteiger partial charge in [0.2, 0.25) is 5.91 Å². The zero-order valence-electron chi connectivity index (χ0n) is 17.8. The van der Waals surface area contributed by atoms with Crippen molar-refractivity contribution in [1.29, 1.82) is 0 Å². The highest BCUT2D eigenvalue weighted by molar-refractivity contribution is 7.90. The third-order valence-corrected chi connectivity index (χ3v) is 6.29. The van der Waals surface area contributed by atoms with Gasteiger partial charge >= 0.3 is 5.97 Å². The summed E-state index contributed by atoms with van der Waals surface area (Å²) in [5.41, 5.74) is -0.0934. The summed E-state index contributed by atoms with van der Waals surface area (Å²) in [6, 6.07) is 8.85. The number of carbonyl (C=O) groups is 2. The van der Waals surface area contributed by atoms with E-state index in [1.54, 1.807) is 0 Å². The molecule has 0 atom stereocenters. The zero-order chi connectivity index (χ0) is 24.3. The molecule has 174 valence electrons. The van der Waals surface area contributed by atoms with Crippen LogP contribution >= 0.6 is 0 Å². The molecule has 0 saturated carbocycles.